The third kappa shape index (κ3) is 1.78. The maximum absolute atomic E-state index is 12.4. The van der Waals surface area contributed by atoms with Crippen molar-refractivity contribution in [2.45, 2.75) is 71.3 Å². The van der Waals surface area contributed by atoms with E-state index in [0.29, 0.717) is 23.0 Å². The van der Waals surface area contributed by atoms with Gasteiger partial charge in [-0.15, -0.1) is 0 Å². The lowest BCUT2D eigenvalue weighted by Crippen LogP contribution is -2.50. The summed E-state index contributed by atoms with van der Waals surface area (Å²) in [5.41, 5.74) is 1.81. The zero-order valence-corrected chi connectivity index (χ0v) is 13.4. The van der Waals surface area contributed by atoms with Crippen molar-refractivity contribution in [3.05, 3.63) is 11.6 Å². The average molecular weight is 288 g/mol. The third-order valence-electron chi connectivity index (χ3n) is 7.79. The largest absolute Gasteiger partial charge is 0.393 e. The monoisotopic (exact) mass is 288 g/mol. The molecule has 4 rings (SSSR count). The minimum absolute atomic E-state index is 0.0168. The summed E-state index contributed by atoms with van der Waals surface area (Å²) in [5, 5.41) is 10.00. The van der Waals surface area contributed by atoms with Crippen LogP contribution in [0.15, 0.2) is 11.6 Å². The zero-order valence-electron chi connectivity index (χ0n) is 13.4. The average Bonchev–Trinajstić information content (AvgIpc) is 2.76. The fourth-order valence-electron chi connectivity index (χ4n) is 6.41. The Bertz CT molecular complexity index is 508. The standard InChI is InChI=1S/C19H28O2/c1-18-9-7-13(20)11-12(18)3-4-14-15-5-6-17(21)19(15,2)10-8-16(14)18/h3,13-16,20H,4-11H2,1-2H3/t13-,14+,15?,16?,18+,19+/m1/s1. The zero-order chi connectivity index (χ0) is 14.8. The van der Waals surface area contributed by atoms with Crippen molar-refractivity contribution < 1.29 is 9.90 Å². The molecule has 6 atom stereocenters. The minimum atomic E-state index is -0.122. The number of aliphatic hydroxyl groups is 1. The molecule has 0 spiro atoms. The maximum atomic E-state index is 12.4. The van der Waals surface area contributed by atoms with Crippen molar-refractivity contribution in [1.29, 1.82) is 0 Å². The molecule has 1 N–H and O–H groups in total. The summed E-state index contributed by atoms with van der Waals surface area (Å²) in [6.07, 6.45) is 10.7. The number of rotatable bonds is 0. The van der Waals surface area contributed by atoms with Gasteiger partial charge in [-0.2, -0.15) is 0 Å². The van der Waals surface area contributed by atoms with E-state index >= 15 is 0 Å². The van der Waals surface area contributed by atoms with Crippen LogP contribution in [0.3, 0.4) is 0 Å². The number of fused-ring (bicyclic) bond motifs is 5. The molecule has 0 heterocycles. The van der Waals surface area contributed by atoms with Gasteiger partial charge in [-0.05, 0) is 68.1 Å². The van der Waals surface area contributed by atoms with Gasteiger partial charge in [0.15, 0.2) is 0 Å². The van der Waals surface area contributed by atoms with Gasteiger partial charge in [-0.25, -0.2) is 0 Å². The normalized spacial score (nSPS) is 52.7. The second-order valence-corrected chi connectivity index (χ2v) is 8.57. The van der Waals surface area contributed by atoms with Gasteiger partial charge in [-0.1, -0.05) is 25.5 Å². The second-order valence-electron chi connectivity index (χ2n) is 8.57. The summed E-state index contributed by atoms with van der Waals surface area (Å²) in [6, 6.07) is 0. The highest BCUT2D eigenvalue weighted by Crippen LogP contribution is 2.63. The number of Topliss-reactive ketones (excluding diaryl/α,β-unsaturated/α-hetero) is 1. The third-order valence-corrected chi connectivity index (χ3v) is 7.79. The highest BCUT2D eigenvalue weighted by molar-refractivity contribution is 5.87. The molecule has 0 aromatic carbocycles. The molecule has 0 saturated heterocycles. The molecule has 3 saturated carbocycles. The lowest BCUT2D eigenvalue weighted by Gasteiger charge is -2.56. The van der Waals surface area contributed by atoms with Gasteiger partial charge in [0.2, 0.25) is 0 Å². The molecule has 4 aliphatic rings. The van der Waals surface area contributed by atoms with E-state index in [-0.39, 0.29) is 11.5 Å². The van der Waals surface area contributed by atoms with E-state index in [4.69, 9.17) is 0 Å². The molecule has 21 heavy (non-hydrogen) atoms. The van der Waals surface area contributed by atoms with E-state index in [1.54, 1.807) is 0 Å². The molecular weight excluding hydrogens is 260 g/mol. The number of aliphatic hydroxyl groups excluding tert-OH is 1. The Kier molecular flexibility index (Phi) is 2.96. The van der Waals surface area contributed by atoms with Crippen molar-refractivity contribution in [3.8, 4) is 0 Å². The first-order valence-corrected chi connectivity index (χ1v) is 8.86. The van der Waals surface area contributed by atoms with E-state index in [1.807, 2.05) is 0 Å². The van der Waals surface area contributed by atoms with Gasteiger partial charge >= 0.3 is 0 Å². The highest BCUT2D eigenvalue weighted by atomic mass is 16.3. The number of carbonyl (C=O) groups excluding carboxylic acids is 1. The lowest BCUT2D eigenvalue weighted by atomic mass is 9.48. The number of ketones is 1. The second kappa shape index (κ2) is 4.44. The SMILES string of the molecule is C[C@]12CC[C@@H](O)CC1=CC[C@@H]1C2CC[C@]2(C)C(=O)CCC12. The van der Waals surface area contributed by atoms with Gasteiger partial charge in [0.25, 0.3) is 0 Å². The van der Waals surface area contributed by atoms with Crippen molar-refractivity contribution in [2.24, 2.45) is 28.6 Å². The molecule has 2 unspecified atom stereocenters. The molecule has 2 heteroatoms. The molecule has 0 amide bonds. The maximum Gasteiger partial charge on any atom is 0.139 e. The van der Waals surface area contributed by atoms with Crippen LogP contribution in [0.2, 0.25) is 0 Å². The summed E-state index contributed by atoms with van der Waals surface area (Å²) < 4.78 is 0. The van der Waals surface area contributed by atoms with Crippen molar-refractivity contribution in [3.63, 3.8) is 0 Å². The Morgan fingerprint density at radius 1 is 1.10 bits per heavy atom. The molecular formula is C19H28O2. The Balaban J connectivity index is 1.69. The number of hydrogen-bond acceptors (Lipinski definition) is 2. The molecule has 0 aromatic rings. The van der Waals surface area contributed by atoms with Crippen LogP contribution in [0.1, 0.15) is 65.2 Å². The molecule has 2 nitrogen and oxygen atoms in total. The molecule has 4 aliphatic carbocycles. The van der Waals surface area contributed by atoms with E-state index < -0.39 is 0 Å². The van der Waals surface area contributed by atoms with E-state index in [0.717, 1.165) is 50.9 Å². The van der Waals surface area contributed by atoms with Crippen LogP contribution >= 0.6 is 0 Å². The summed E-state index contributed by atoms with van der Waals surface area (Å²) >= 11 is 0. The van der Waals surface area contributed by atoms with E-state index in [2.05, 4.69) is 19.9 Å². The molecule has 3 fully saturated rings. The van der Waals surface area contributed by atoms with Gasteiger partial charge in [-0.3, -0.25) is 4.79 Å². The quantitative estimate of drug-likeness (QED) is 0.687. The molecule has 116 valence electrons. The van der Waals surface area contributed by atoms with Crippen LogP contribution in [0.25, 0.3) is 0 Å². The molecule has 0 radical (unpaired) electrons. The summed E-state index contributed by atoms with van der Waals surface area (Å²) in [5.74, 6) is 2.60. The Hall–Kier alpha value is -0.630. The Labute approximate surface area is 128 Å². The van der Waals surface area contributed by atoms with Crippen LogP contribution in [0, 0.1) is 28.6 Å². The first-order valence-electron chi connectivity index (χ1n) is 8.86. The first kappa shape index (κ1) is 14.0. The van der Waals surface area contributed by atoms with Crippen LogP contribution in [0.4, 0.5) is 0 Å². The summed E-state index contributed by atoms with van der Waals surface area (Å²) in [7, 11) is 0. The van der Waals surface area contributed by atoms with Crippen molar-refractivity contribution >= 4 is 5.78 Å². The first-order chi connectivity index (χ1) is 9.95. The predicted molar refractivity (Wildman–Crippen MR) is 82.7 cm³/mol. The predicted octanol–water partition coefficient (Wildman–Crippen LogP) is 3.88. The number of hydrogen-bond donors (Lipinski definition) is 1. The van der Waals surface area contributed by atoms with E-state index in [9.17, 15) is 9.90 Å². The summed E-state index contributed by atoms with van der Waals surface area (Å²) in [4.78, 5) is 12.4. The Morgan fingerprint density at radius 3 is 2.62 bits per heavy atom. The van der Waals surface area contributed by atoms with Crippen LogP contribution in [-0.4, -0.2) is 17.0 Å². The van der Waals surface area contributed by atoms with Gasteiger partial charge < -0.3 is 5.11 Å². The van der Waals surface area contributed by atoms with Gasteiger partial charge in [0.05, 0.1) is 6.10 Å². The fraction of sp³-hybridized carbons (Fsp3) is 0.842. The van der Waals surface area contributed by atoms with Crippen LogP contribution in [0.5, 0.6) is 0 Å². The molecule has 0 bridgehead atoms. The smallest absolute Gasteiger partial charge is 0.139 e. The molecule has 0 aromatic heterocycles. The molecule has 0 aliphatic heterocycles. The number of allylic oxidation sites excluding steroid dienone is 1. The Morgan fingerprint density at radius 2 is 1.81 bits per heavy atom. The fourth-order valence-corrected chi connectivity index (χ4v) is 6.41. The lowest BCUT2D eigenvalue weighted by molar-refractivity contribution is -0.132. The summed E-state index contributed by atoms with van der Waals surface area (Å²) in [6.45, 7) is 4.69. The highest BCUT2D eigenvalue weighted by Gasteiger charge is 2.58. The van der Waals surface area contributed by atoms with Crippen molar-refractivity contribution in [1.82, 2.24) is 0 Å². The van der Waals surface area contributed by atoms with Gasteiger partial charge in [0.1, 0.15) is 5.78 Å². The topological polar surface area (TPSA) is 37.3 Å². The van der Waals surface area contributed by atoms with Gasteiger partial charge in [0, 0.05) is 11.8 Å². The van der Waals surface area contributed by atoms with E-state index in [1.165, 1.54) is 12.0 Å². The number of carbonyl (C=O) groups is 1. The van der Waals surface area contributed by atoms with Crippen LogP contribution < -0.4 is 0 Å². The minimum Gasteiger partial charge on any atom is -0.393 e. The van der Waals surface area contributed by atoms with Crippen molar-refractivity contribution in [2.75, 3.05) is 0 Å². The van der Waals surface area contributed by atoms with Crippen LogP contribution in [-0.2, 0) is 4.79 Å².